The van der Waals surface area contributed by atoms with Crippen molar-refractivity contribution in [2.45, 2.75) is 6.54 Å². The van der Waals surface area contributed by atoms with Crippen molar-refractivity contribution < 1.29 is 4.39 Å². The van der Waals surface area contributed by atoms with Gasteiger partial charge in [0.15, 0.2) is 5.82 Å². The maximum absolute atomic E-state index is 13.4. The van der Waals surface area contributed by atoms with Crippen molar-refractivity contribution in [1.82, 2.24) is 15.0 Å². The zero-order valence-corrected chi connectivity index (χ0v) is 18.8. The normalized spacial score (nSPS) is 10.8. The first-order valence-corrected chi connectivity index (χ1v) is 11.1. The lowest BCUT2D eigenvalue weighted by Crippen LogP contribution is -2.18. The Morgan fingerprint density at radius 1 is 0.676 bits per heavy atom. The van der Waals surface area contributed by atoms with E-state index in [-0.39, 0.29) is 5.82 Å². The summed E-state index contributed by atoms with van der Waals surface area (Å²) in [5.74, 6) is 1.21. The summed E-state index contributed by atoms with van der Waals surface area (Å²) in [6, 6.07) is 30.7. The molecular formula is C29H23FN4. The molecule has 2 aromatic heterocycles. The van der Waals surface area contributed by atoms with Crippen molar-refractivity contribution in [3.63, 3.8) is 0 Å². The molecule has 34 heavy (non-hydrogen) atoms. The standard InChI is InChI=1S/C29H23FN4/c1-34(20-21-8-4-2-5-9-21)28-17-27(32-29(33-28)23-10-6-3-7-11-23)25-16-24(18-31-19-25)22-12-14-26(30)15-13-22/h2-19H,20H2,1H3. The molecule has 0 aliphatic carbocycles. The van der Waals surface area contributed by atoms with E-state index in [2.05, 4.69) is 22.0 Å². The highest BCUT2D eigenvalue weighted by Crippen LogP contribution is 2.29. The highest BCUT2D eigenvalue weighted by atomic mass is 19.1. The summed E-state index contributed by atoms with van der Waals surface area (Å²) in [7, 11) is 2.03. The lowest BCUT2D eigenvalue weighted by atomic mass is 10.0. The molecular weight excluding hydrogens is 423 g/mol. The summed E-state index contributed by atoms with van der Waals surface area (Å²) >= 11 is 0. The summed E-state index contributed by atoms with van der Waals surface area (Å²) in [6.45, 7) is 0.722. The van der Waals surface area contributed by atoms with Crippen LogP contribution in [0.2, 0.25) is 0 Å². The van der Waals surface area contributed by atoms with Gasteiger partial charge in [0.05, 0.1) is 5.69 Å². The maximum atomic E-state index is 13.4. The Morgan fingerprint density at radius 2 is 1.35 bits per heavy atom. The SMILES string of the molecule is CN(Cc1ccccc1)c1cc(-c2cncc(-c3ccc(F)cc3)c2)nc(-c2ccccc2)n1. The Balaban J connectivity index is 1.57. The van der Waals surface area contributed by atoms with E-state index in [1.54, 1.807) is 24.5 Å². The van der Waals surface area contributed by atoms with Gasteiger partial charge in [0.1, 0.15) is 11.6 Å². The second-order valence-electron chi connectivity index (χ2n) is 8.11. The molecule has 0 amide bonds. The van der Waals surface area contributed by atoms with Gasteiger partial charge in [-0.05, 0) is 29.3 Å². The molecule has 0 saturated heterocycles. The fourth-order valence-electron chi connectivity index (χ4n) is 3.81. The third-order valence-corrected chi connectivity index (χ3v) is 5.61. The van der Waals surface area contributed by atoms with Gasteiger partial charge in [0, 0.05) is 48.7 Å². The van der Waals surface area contributed by atoms with E-state index in [0.717, 1.165) is 40.3 Å². The molecule has 0 N–H and O–H groups in total. The Morgan fingerprint density at radius 3 is 2.09 bits per heavy atom. The molecule has 0 atom stereocenters. The summed E-state index contributed by atoms with van der Waals surface area (Å²) < 4.78 is 13.4. The third-order valence-electron chi connectivity index (χ3n) is 5.61. The average molecular weight is 447 g/mol. The van der Waals surface area contributed by atoms with Crippen LogP contribution in [0, 0.1) is 5.82 Å². The van der Waals surface area contributed by atoms with Crippen LogP contribution in [-0.4, -0.2) is 22.0 Å². The van der Waals surface area contributed by atoms with Gasteiger partial charge < -0.3 is 4.90 Å². The molecule has 0 fully saturated rings. The lowest BCUT2D eigenvalue weighted by Gasteiger charge is -2.20. The van der Waals surface area contributed by atoms with E-state index in [9.17, 15) is 4.39 Å². The fraction of sp³-hybridized carbons (Fsp3) is 0.0690. The Hall–Kier alpha value is -4.38. The zero-order valence-electron chi connectivity index (χ0n) is 18.8. The van der Waals surface area contributed by atoms with E-state index in [4.69, 9.17) is 9.97 Å². The summed E-state index contributed by atoms with van der Waals surface area (Å²) in [5, 5.41) is 0. The maximum Gasteiger partial charge on any atom is 0.162 e. The molecule has 3 aromatic carbocycles. The van der Waals surface area contributed by atoms with Gasteiger partial charge in [-0.2, -0.15) is 0 Å². The molecule has 2 heterocycles. The van der Waals surface area contributed by atoms with E-state index < -0.39 is 0 Å². The Labute approximate surface area is 198 Å². The second kappa shape index (κ2) is 9.63. The Kier molecular flexibility index (Phi) is 6.08. The first kappa shape index (κ1) is 21.5. The minimum atomic E-state index is -0.262. The molecule has 0 unspecified atom stereocenters. The van der Waals surface area contributed by atoms with Gasteiger partial charge in [0.25, 0.3) is 0 Å². The van der Waals surface area contributed by atoms with Crippen molar-refractivity contribution in [3.8, 4) is 33.8 Å². The van der Waals surface area contributed by atoms with Gasteiger partial charge >= 0.3 is 0 Å². The van der Waals surface area contributed by atoms with Gasteiger partial charge in [-0.15, -0.1) is 0 Å². The third kappa shape index (κ3) is 4.84. The molecule has 0 bridgehead atoms. The number of pyridine rings is 1. The molecule has 5 heteroatoms. The molecule has 5 rings (SSSR count). The second-order valence-corrected chi connectivity index (χ2v) is 8.11. The highest BCUT2D eigenvalue weighted by Gasteiger charge is 2.13. The average Bonchev–Trinajstić information content (AvgIpc) is 2.90. The molecule has 0 spiro atoms. The van der Waals surface area contributed by atoms with Gasteiger partial charge in [0.2, 0.25) is 0 Å². The van der Waals surface area contributed by atoms with Crippen LogP contribution in [0.3, 0.4) is 0 Å². The number of hydrogen-bond acceptors (Lipinski definition) is 4. The van der Waals surface area contributed by atoms with Crippen molar-refractivity contribution in [3.05, 3.63) is 121 Å². The first-order valence-electron chi connectivity index (χ1n) is 11.1. The zero-order chi connectivity index (χ0) is 23.3. The van der Waals surface area contributed by atoms with Gasteiger partial charge in [-0.25, -0.2) is 14.4 Å². The number of rotatable bonds is 6. The fourth-order valence-corrected chi connectivity index (χ4v) is 3.81. The predicted octanol–water partition coefficient (Wildman–Crippen LogP) is 6.65. The topological polar surface area (TPSA) is 41.9 Å². The van der Waals surface area contributed by atoms with Crippen molar-refractivity contribution in [2.75, 3.05) is 11.9 Å². The van der Waals surface area contributed by atoms with Crippen molar-refractivity contribution >= 4 is 5.82 Å². The van der Waals surface area contributed by atoms with Crippen LogP contribution in [0.5, 0.6) is 0 Å². The van der Waals surface area contributed by atoms with E-state index in [1.165, 1.54) is 17.7 Å². The largest absolute Gasteiger partial charge is 0.355 e. The number of benzene rings is 3. The quantitative estimate of drug-likeness (QED) is 0.293. The number of hydrogen-bond donors (Lipinski definition) is 0. The minimum absolute atomic E-state index is 0.262. The summed E-state index contributed by atoms with van der Waals surface area (Å²) in [4.78, 5) is 16.3. The van der Waals surface area contributed by atoms with E-state index in [1.807, 2.05) is 67.7 Å². The van der Waals surface area contributed by atoms with E-state index >= 15 is 0 Å². The number of nitrogens with zero attached hydrogens (tertiary/aromatic N) is 4. The van der Waals surface area contributed by atoms with Crippen LogP contribution in [-0.2, 0) is 6.54 Å². The van der Waals surface area contributed by atoms with Crippen molar-refractivity contribution in [2.24, 2.45) is 0 Å². The predicted molar refractivity (Wildman–Crippen MR) is 135 cm³/mol. The lowest BCUT2D eigenvalue weighted by molar-refractivity contribution is 0.628. The molecule has 0 aliphatic rings. The molecule has 0 aliphatic heterocycles. The first-order chi connectivity index (χ1) is 16.7. The van der Waals surface area contributed by atoms with Crippen molar-refractivity contribution in [1.29, 1.82) is 0 Å². The van der Waals surface area contributed by atoms with Crippen LogP contribution in [0.15, 0.2) is 109 Å². The summed E-state index contributed by atoms with van der Waals surface area (Å²) in [5.41, 5.74) is 5.59. The van der Waals surface area contributed by atoms with Gasteiger partial charge in [-0.3, -0.25) is 4.98 Å². The molecule has 0 saturated carbocycles. The Bertz CT molecular complexity index is 1390. The minimum Gasteiger partial charge on any atom is -0.355 e. The van der Waals surface area contributed by atoms with Crippen LogP contribution in [0.1, 0.15) is 5.56 Å². The molecule has 5 aromatic rings. The monoisotopic (exact) mass is 446 g/mol. The number of anilines is 1. The van der Waals surface area contributed by atoms with Crippen LogP contribution in [0.4, 0.5) is 10.2 Å². The number of aromatic nitrogens is 3. The van der Waals surface area contributed by atoms with Gasteiger partial charge in [-0.1, -0.05) is 72.8 Å². The van der Waals surface area contributed by atoms with Crippen LogP contribution in [0.25, 0.3) is 33.8 Å². The molecule has 0 radical (unpaired) electrons. The smallest absolute Gasteiger partial charge is 0.162 e. The van der Waals surface area contributed by atoms with Crippen LogP contribution >= 0.6 is 0 Å². The molecule has 4 nitrogen and oxygen atoms in total. The highest BCUT2D eigenvalue weighted by molar-refractivity contribution is 5.73. The molecule has 166 valence electrons. The van der Waals surface area contributed by atoms with E-state index in [0.29, 0.717) is 5.82 Å². The summed E-state index contributed by atoms with van der Waals surface area (Å²) in [6.07, 6.45) is 3.57. The van der Waals surface area contributed by atoms with Crippen LogP contribution < -0.4 is 4.90 Å². The number of halogens is 1.